The molecule has 0 atom stereocenters. The lowest BCUT2D eigenvalue weighted by Gasteiger charge is -2.32. The van der Waals surface area contributed by atoms with Crippen molar-refractivity contribution in [3.05, 3.63) is 78.9 Å². The summed E-state index contributed by atoms with van der Waals surface area (Å²) in [5.74, 6) is 0. The second-order valence-corrected chi connectivity index (χ2v) is 11.4. The minimum atomic E-state index is -0.390. The molecule has 0 bridgehead atoms. The summed E-state index contributed by atoms with van der Waals surface area (Å²) in [7, 11) is -0.390. The Balaban J connectivity index is 1.47. The van der Waals surface area contributed by atoms with Crippen molar-refractivity contribution in [2.75, 3.05) is 0 Å². The van der Waals surface area contributed by atoms with E-state index >= 15 is 0 Å². The molecule has 172 valence electrons. The summed E-state index contributed by atoms with van der Waals surface area (Å²) in [6.07, 6.45) is 0. The molecule has 5 heteroatoms. The van der Waals surface area contributed by atoms with Crippen molar-refractivity contribution < 1.29 is 13.7 Å². The third-order valence-corrected chi connectivity index (χ3v) is 9.06. The first-order valence-corrected chi connectivity index (χ1v) is 12.9. The lowest BCUT2D eigenvalue weighted by Crippen LogP contribution is -2.41. The maximum absolute atomic E-state index is 6.43. The first kappa shape index (κ1) is 21.2. The van der Waals surface area contributed by atoms with E-state index in [1.54, 1.807) is 0 Å². The van der Waals surface area contributed by atoms with Crippen molar-refractivity contribution in [2.24, 2.45) is 0 Å². The standard InChI is InChI=1S/C30H25BO3S/c1-29(2)30(3,4)34-31(33-29)24-16-9-15-23-22-14-8-13-21(27(22)35-28(23)24)20-12-7-11-19-18-10-5-6-17-25(18)32-26(19)20/h5-17H,1-4H3. The van der Waals surface area contributed by atoms with Gasteiger partial charge in [-0.15, -0.1) is 11.3 Å². The van der Waals surface area contributed by atoms with Crippen LogP contribution >= 0.6 is 11.3 Å². The Hall–Kier alpha value is -3.12. The van der Waals surface area contributed by atoms with Gasteiger partial charge in [0.15, 0.2) is 0 Å². The molecule has 3 nitrogen and oxygen atoms in total. The van der Waals surface area contributed by atoms with E-state index in [2.05, 4.69) is 94.4 Å². The summed E-state index contributed by atoms with van der Waals surface area (Å²) >= 11 is 1.81. The van der Waals surface area contributed by atoms with Crippen LogP contribution in [0.4, 0.5) is 0 Å². The number of fused-ring (bicyclic) bond motifs is 6. The summed E-state index contributed by atoms with van der Waals surface area (Å²) in [4.78, 5) is 0. The highest BCUT2D eigenvalue weighted by atomic mass is 32.1. The van der Waals surface area contributed by atoms with Crippen molar-refractivity contribution in [1.29, 1.82) is 0 Å². The van der Waals surface area contributed by atoms with Gasteiger partial charge in [-0.3, -0.25) is 0 Å². The van der Waals surface area contributed by atoms with Crippen molar-refractivity contribution in [3.63, 3.8) is 0 Å². The van der Waals surface area contributed by atoms with Crippen molar-refractivity contribution in [2.45, 2.75) is 38.9 Å². The van der Waals surface area contributed by atoms with E-state index in [4.69, 9.17) is 13.7 Å². The molecule has 35 heavy (non-hydrogen) atoms. The summed E-state index contributed by atoms with van der Waals surface area (Å²) in [6.45, 7) is 8.41. The number of para-hydroxylation sites is 2. The molecule has 0 spiro atoms. The quantitative estimate of drug-likeness (QED) is 0.238. The minimum absolute atomic E-state index is 0.376. The fraction of sp³-hybridized carbons (Fsp3) is 0.200. The van der Waals surface area contributed by atoms with E-state index in [1.165, 1.54) is 25.7 Å². The molecule has 1 fully saturated rings. The SMILES string of the molecule is CC1(C)OB(c2cccc3c2sc2c(-c4cccc5c4oc4ccccc45)cccc23)OC1(C)C. The molecule has 0 radical (unpaired) electrons. The van der Waals surface area contributed by atoms with Crippen LogP contribution in [0.25, 0.3) is 53.2 Å². The van der Waals surface area contributed by atoms with Gasteiger partial charge in [0, 0.05) is 42.1 Å². The molecular weight excluding hydrogens is 451 g/mol. The number of rotatable bonds is 2. The molecule has 0 saturated carbocycles. The van der Waals surface area contributed by atoms with Crippen LogP contribution in [-0.2, 0) is 9.31 Å². The van der Waals surface area contributed by atoms with Crippen LogP contribution < -0.4 is 5.46 Å². The molecule has 1 aliphatic heterocycles. The van der Waals surface area contributed by atoms with Crippen LogP contribution in [-0.4, -0.2) is 18.3 Å². The smallest absolute Gasteiger partial charge is 0.455 e. The molecule has 6 aromatic rings. The van der Waals surface area contributed by atoms with Crippen LogP contribution in [0.5, 0.6) is 0 Å². The predicted molar refractivity (Wildman–Crippen MR) is 148 cm³/mol. The van der Waals surface area contributed by atoms with E-state index in [0.717, 1.165) is 33.0 Å². The highest BCUT2D eigenvalue weighted by Gasteiger charge is 2.52. The number of furan rings is 1. The molecule has 7 rings (SSSR count). The Kier molecular flexibility index (Phi) is 4.36. The third-order valence-electron chi connectivity index (χ3n) is 7.76. The van der Waals surface area contributed by atoms with Gasteiger partial charge < -0.3 is 13.7 Å². The van der Waals surface area contributed by atoms with Gasteiger partial charge in [-0.2, -0.15) is 0 Å². The fourth-order valence-electron chi connectivity index (χ4n) is 5.17. The van der Waals surface area contributed by atoms with Gasteiger partial charge in [0.2, 0.25) is 0 Å². The number of hydrogen-bond donors (Lipinski definition) is 0. The number of hydrogen-bond acceptors (Lipinski definition) is 4. The van der Waals surface area contributed by atoms with Crippen LogP contribution in [0.1, 0.15) is 27.7 Å². The minimum Gasteiger partial charge on any atom is -0.455 e. The fourth-order valence-corrected chi connectivity index (χ4v) is 6.52. The number of benzene rings is 4. The van der Waals surface area contributed by atoms with Gasteiger partial charge in [0.05, 0.1) is 11.2 Å². The predicted octanol–water partition coefficient (Wildman–Crippen LogP) is 7.92. The monoisotopic (exact) mass is 476 g/mol. The Bertz CT molecular complexity index is 1760. The van der Waals surface area contributed by atoms with Gasteiger partial charge in [-0.25, -0.2) is 0 Å². The third kappa shape index (κ3) is 2.99. The largest absolute Gasteiger partial charge is 0.496 e. The molecule has 0 unspecified atom stereocenters. The van der Waals surface area contributed by atoms with Gasteiger partial charge >= 0.3 is 7.12 Å². The summed E-state index contributed by atoms with van der Waals surface area (Å²) in [5, 5.41) is 4.77. The Labute approximate surface area is 208 Å². The van der Waals surface area contributed by atoms with E-state index in [0.29, 0.717) is 0 Å². The zero-order valence-corrected chi connectivity index (χ0v) is 21.0. The van der Waals surface area contributed by atoms with Gasteiger partial charge in [-0.05, 0) is 39.1 Å². The normalized spacial score (nSPS) is 17.3. The van der Waals surface area contributed by atoms with Crippen LogP contribution in [0.2, 0.25) is 0 Å². The molecule has 0 aliphatic carbocycles. The van der Waals surface area contributed by atoms with Crippen LogP contribution in [0, 0.1) is 0 Å². The molecule has 4 aromatic carbocycles. The zero-order chi connectivity index (χ0) is 23.9. The lowest BCUT2D eigenvalue weighted by atomic mass is 9.78. The second-order valence-electron chi connectivity index (χ2n) is 10.4. The molecule has 1 saturated heterocycles. The lowest BCUT2D eigenvalue weighted by molar-refractivity contribution is 0.00578. The Morgan fingerprint density at radius 2 is 1.20 bits per heavy atom. The maximum atomic E-state index is 6.43. The van der Waals surface area contributed by atoms with Crippen LogP contribution in [0.15, 0.2) is 83.3 Å². The average molecular weight is 476 g/mol. The average Bonchev–Trinajstić information content (AvgIpc) is 3.47. The van der Waals surface area contributed by atoms with E-state index in [-0.39, 0.29) is 18.3 Å². The molecule has 1 aliphatic rings. The highest BCUT2D eigenvalue weighted by molar-refractivity contribution is 7.27. The second kappa shape index (κ2) is 7.20. The van der Waals surface area contributed by atoms with Crippen molar-refractivity contribution >= 4 is 66.0 Å². The zero-order valence-electron chi connectivity index (χ0n) is 20.2. The van der Waals surface area contributed by atoms with E-state index in [9.17, 15) is 0 Å². The summed E-state index contributed by atoms with van der Waals surface area (Å²) in [6, 6.07) is 27.7. The van der Waals surface area contributed by atoms with Crippen LogP contribution in [0.3, 0.4) is 0 Å². The first-order valence-electron chi connectivity index (χ1n) is 12.0. The molecule has 0 N–H and O–H groups in total. The van der Waals surface area contributed by atoms with Gasteiger partial charge in [0.25, 0.3) is 0 Å². The number of thiophene rings is 1. The van der Waals surface area contributed by atoms with Gasteiger partial charge in [0.1, 0.15) is 11.2 Å². The topological polar surface area (TPSA) is 31.6 Å². The Morgan fingerprint density at radius 3 is 1.97 bits per heavy atom. The summed E-state index contributed by atoms with van der Waals surface area (Å²) < 4.78 is 21.7. The van der Waals surface area contributed by atoms with Crippen molar-refractivity contribution in [1.82, 2.24) is 0 Å². The molecular formula is C30H25BO3S. The highest BCUT2D eigenvalue weighted by Crippen LogP contribution is 2.44. The molecule has 3 heterocycles. The maximum Gasteiger partial charge on any atom is 0.496 e. The van der Waals surface area contributed by atoms with E-state index < -0.39 is 0 Å². The molecule has 0 amide bonds. The Morgan fingerprint density at radius 1 is 0.600 bits per heavy atom. The first-order chi connectivity index (χ1) is 16.8. The van der Waals surface area contributed by atoms with E-state index in [1.807, 2.05) is 23.5 Å². The molecule has 2 aromatic heterocycles. The van der Waals surface area contributed by atoms with Gasteiger partial charge in [-0.1, -0.05) is 72.8 Å². The van der Waals surface area contributed by atoms with Crippen molar-refractivity contribution in [3.8, 4) is 11.1 Å². The summed E-state index contributed by atoms with van der Waals surface area (Å²) in [5.41, 5.74) is 4.50.